The molecule has 0 saturated carbocycles. The van der Waals surface area contributed by atoms with Crippen LogP contribution in [0.5, 0.6) is 0 Å². The molecule has 0 spiro atoms. The molecule has 214 valence electrons. The number of benzene rings is 3. The predicted octanol–water partition coefficient (Wildman–Crippen LogP) is 4.85. The number of nitrogens with one attached hydrogen (secondary N) is 1. The fraction of sp³-hybridized carbons (Fsp3) is 0.355. The predicted molar refractivity (Wildman–Crippen MR) is 157 cm³/mol. The third-order valence-corrected chi connectivity index (χ3v) is 7.72. The molecule has 0 aliphatic carbocycles. The normalized spacial score (nSPS) is 12.2. The van der Waals surface area contributed by atoms with Crippen LogP contribution < -0.4 is 9.62 Å². The van der Waals surface area contributed by atoms with Gasteiger partial charge in [-0.15, -0.1) is 0 Å². The van der Waals surface area contributed by atoms with Crippen molar-refractivity contribution < 1.29 is 22.4 Å². The van der Waals surface area contributed by atoms with Crippen molar-refractivity contribution in [1.29, 1.82) is 0 Å². The van der Waals surface area contributed by atoms with Crippen LogP contribution in [0.25, 0.3) is 0 Å². The minimum Gasteiger partial charge on any atom is -0.352 e. The van der Waals surface area contributed by atoms with Gasteiger partial charge in [0.15, 0.2) is 0 Å². The average molecular weight is 568 g/mol. The Labute approximate surface area is 237 Å². The summed E-state index contributed by atoms with van der Waals surface area (Å²) in [7, 11) is -3.60. The van der Waals surface area contributed by atoms with Crippen LogP contribution in [-0.4, -0.2) is 50.0 Å². The van der Waals surface area contributed by atoms with Gasteiger partial charge < -0.3 is 10.2 Å². The molecule has 0 aliphatic rings. The van der Waals surface area contributed by atoms with Gasteiger partial charge >= 0.3 is 0 Å². The zero-order valence-corrected chi connectivity index (χ0v) is 24.3. The molecule has 3 aromatic rings. The number of carbonyl (C=O) groups is 2. The van der Waals surface area contributed by atoms with E-state index in [1.807, 2.05) is 63.2 Å². The lowest BCUT2D eigenvalue weighted by molar-refractivity contribution is -0.141. The Bertz CT molecular complexity index is 1400. The Morgan fingerprint density at radius 2 is 1.55 bits per heavy atom. The minimum atomic E-state index is -3.60. The highest BCUT2D eigenvalue weighted by Gasteiger charge is 2.31. The molecule has 0 saturated heterocycles. The molecular weight excluding hydrogens is 529 g/mol. The standard InChI is InChI=1S/C31H38FN3O4S/c1-23(2)33-31(37)29(21-25-14-6-5-7-15-25)34(22-26-16-9-10-17-27(26)32)30(36)19-12-20-35(40(4,38)39)28-18-11-8-13-24(28)3/h5-11,13-18,23,29H,12,19-22H2,1-4H3,(H,33,37)/t29-/m1/s1. The van der Waals surface area contributed by atoms with E-state index in [9.17, 15) is 22.4 Å². The van der Waals surface area contributed by atoms with E-state index in [4.69, 9.17) is 0 Å². The van der Waals surface area contributed by atoms with Crippen LogP contribution in [0.3, 0.4) is 0 Å². The Balaban J connectivity index is 1.90. The number of hydrogen-bond acceptors (Lipinski definition) is 4. The first-order chi connectivity index (χ1) is 19.0. The summed E-state index contributed by atoms with van der Waals surface area (Å²) in [6.07, 6.45) is 1.58. The molecule has 3 rings (SSSR count). The van der Waals surface area contributed by atoms with Crippen LogP contribution in [0.1, 0.15) is 43.4 Å². The van der Waals surface area contributed by atoms with Crippen LogP contribution in [0, 0.1) is 12.7 Å². The first kappa shape index (κ1) is 30.8. The lowest BCUT2D eigenvalue weighted by Gasteiger charge is -2.32. The van der Waals surface area contributed by atoms with Crippen molar-refractivity contribution >= 4 is 27.5 Å². The first-order valence-electron chi connectivity index (χ1n) is 13.4. The quantitative estimate of drug-likeness (QED) is 0.320. The van der Waals surface area contributed by atoms with Gasteiger partial charge in [-0.1, -0.05) is 66.7 Å². The number of anilines is 1. The van der Waals surface area contributed by atoms with Crippen molar-refractivity contribution in [3.63, 3.8) is 0 Å². The van der Waals surface area contributed by atoms with E-state index < -0.39 is 21.9 Å². The average Bonchev–Trinajstić information content (AvgIpc) is 2.89. The lowest BCUT2D eigenvalue weighted by atomic mass is 10.0. The molecule has 7 nitrogen and oxygen atoms in total. The molecule has 0 fully saturated rings. The number of nitrogens with zero attached hydrogens (tertiary/aromatic N) is 2. The van der Waals surface area contributed by atoms with Gasteiger partial charge in [0.1, 0.15) is 11.9 Å². The number of carbonyl (C=O) groups excluding carboxylic acids is 2. The van der Waals surface area contributed by atoms with Crippen LogP contribution in [0.2, 0.25) is 0 Å². The summed E-state index contributed by atoms with van der Waals surface area (Å²) in [5.74, 6) is -1.16. The third kappa shape index (κ3) is 8.64. The summed E-state index contributed by atoms with van der Waals surface area (Å²) in [6, 6.07) is 21.7. The molecule has 1 atom stereocenters. The van der Waals surface area contributed by atoms with Gasteiger partial charge in [0.2, 0.25) is 21.8 Å². The first-order valence-corrected chi connectivity index (χ1v) is 15.2. The van der Waals surface area contributed by atoms with Gasteiger partial charge in [0.25, 0.3) is 0 Å². The maximum atomic E-state index is 14.7. The van der Waals surface area contributed by atoms with Crippen molar-refractivity contribution in [2.24, 2.45) is 0 Å². The number of aryl methyl sites for hydroxylation is 1. The second-order valence-electron chi connectivity index (χ2n) is 10.2. The van der Waals surface area contributed by atoms with E-state index in [1.54, 1.807) is 30.3 Å². The molecule has 0 unspecified atom stereocenters. The Morgan fingerprint density at radius 1 is 0.925 bits per heavy atom. The zero-order chi connectivity index (χ0) is 29.3. The van der Waals surface area contributed by atoms with Crippen molar-refractivity contribution in [3.05, 3.63) is 101 Å². The number of para-hydroxylation sites is 1. The molecule has 0 radical (unpaired) electrons. The number of rotatable bonds is 13. The van der Waals surface area contributed by atoms with Crippen molar-refractivity contribution in [1.82, 2.24) is 10.2 Å². The second-order valence-corrected chi connectivity index (χ2v) is 12.1. The van der Waals surface area contributed by atoms with Crippen LogP contribution in [0.4, 0.5) is 10.1 Å². The highest BCUT2D eigenvalue weighted by Crippen LogP contribution is 2.23. The minimum absolute atomic E-state index is 0.0212. The highest BCUT2D eigenvalue weighted by atomic mass is 32.2. The third-order valence-electron chi connectivity index (χ3n) is 6.54. The van der Waals surface area contributed by atoms with Crippen LogP contribution in [-0.2, 0) is 32.6 Å². The molecule has 0 heterocycles. The number of sulfonamides is 1. The molecule has 0 aliphatic heterocycles. The smallest absolute Gasteiger partial charge is 0.243 e. The summed E-state index contributed by atoms with van der Waals surface area (Å²) >= 11 is 0. The molecule has 0 bridgehead atoms. The van der Waals surface area contributed by atoms with Crippen LogP contribution in [0.15, 0.2) is 78.9 Å². The van der Waals surface area contributed by atoms with Crippen molar-refractivity contribution in [2.45, 2.75) is 58.7 Å². The maximum Gasteiger partial charge on any atom is 0.243 e. The Kier molecular flexibility index (Phi) is 10.8. The zero-order valence-electron chi connectivity index (χ0n) is 23.5. The van der Waals surface area contributed by atoms with Gasteiger partial charge in [-0.3, -0.25) is 13.9 Å². The van der Waals surface area contributed by atoms with Gasteiger partial charge in [0.05, 0.1) is 11.9 Å². The Morgan fingerprint density at radius 3 is 2.17 bits per heavy atom. The molecule has 40 heavy (non-hydrogen) atoms. The SMILES string of the molecule is Cc1ccccc1N(CCCC(=O)N(Cc1ccccc1F)[C@H](Cc1ccccc1)C(=O)NC(C)C)S(C)(=O)=O. The van der Waals surface area contributed by atoms with E-state index >= 15 is 0 Å². The van der Waals surface area contributed by atoms with Gasteiger partial charge in [-0.25, -0.2) is 12.8 Å². The molecule has 1 N–H and O–H groups in total. The fourth-order valence-electron chi connectivity index (χ4n) is 4.57. The summed E-state index contributed by atoms with van der Waals surface area (Å²) in [4.78, 5) is 28.6. The van der Waals surface area contributed by atoms with Gasteiger partial charge in [-0.2, -0.15) is 0 Å². The number of amides is 2. The second kappa shape index (κ2) is 14.1. The summed E-state index contributed by atoms with van der Waals surface area (Å²) in [5, 5.41) is 2.91. The lowest BCUT2D eigenvalue weighted by Crippen LogP contribution is -2.52. The van der Waals surface area contributed by atoms with Crippen molar-refractivity contribution in [3.8, 4) is 0 Å². The monoisotopic (exact) mass is 567 g/mol. The van der Waals surface area contributed by atoms with Crippen LogP contribution >= 0.6 is 0 Å². The largest absolute Gasteiger partial charge is 0.352 e. The summed E-state index contributed by atoms with van der Waals surface area (Å²) < 4.78 is 41.2. The van der Waals surface area contributed by atoms with E-state index in [2.05, 4.69) is 5.32 Å². The molecule has 0 aromatic heterocycles. The maximum absolute atomic E-state index is 14.7. The highest BCUT2D eigenvalue weighted by molar-refractivity contribution is 7.92. The molecule has 3 aromatic carbocycles. The van der Waals surface area contributed by atoms with E-state index in [1.165, 1.54) is 15.3 Å². The number of halogens is 1. The fourth-order valence-corrected chi connectivity index (χ4v) is 5.59. The summed E-state index contributed by atoms with van der Waals surface area (Å²) in [5.41, 5.74) is 2.51. The Hall–Kier alpha value is -3.72. The molecule has 2 amide bonds. The van der Waals surface area contributed by atoms with Crippen molar-refractivity contribution in [2.75, 3.05) is 17.1 Å². The van der Waals surface area contributed by atoms with Gasteiger partial charge in [0, 0.05) is 37.5 Å². The molecule has 9 heteroatoms. The summed E-state index contributed by atoms with van der Waals surface area (Å²) in [6.45, 7) is 5.50. The van der Waals surface area contributed by atoms with Gasteiger partial charge in [-0.05, 0) is 50.5 Å². The van der Waals surface area contributed by atoms with E-state index in [0.717, 1.165) is 17.4 Å². The molecular formula is C31H38FN3O4S. The van der Waals surface area contributed by atoms with E-state index in [-0.39, 0.29) is 50.2 Å². The topological polar surface area (TPSA) is 86.8 Å². The number of hydrogen-bond donors (Lipinski definition) is 1. The van der Waals surface area contributed by atoms with E-state index in [0.29, 0.717) is 11.3 Å².